The molecule has 0 aliphatic heterocycles. The Morgan fingerprint density at radius 1 is 0.897 bits per heavy atom. The van der Waals surface area contributed by atoms with Gasteiger partial charge in [0, 0.05) is 24.9 Å². The predicted octanol–water partition coefficient (Wildman–Crippen LogP) is 4.31. The van der Waals surface area contributed by atoms with Gasteiger partial charge in [-0.1, -0.05) is 12.1 Å². The van der Waals surface area contributed by atoms with Crippen molar-refractivity contribution in [3.63, 3.8) is 0 Å². The first-order chi connectivity index (χ1) is 13.8. The van der Waals surface area contributed by atoms with Crippen molar-refractivity contribution in [2.45, 2.75) is 32.5 Å². The Kier molecular flexibility index (Phi) is 8.06. The number of hydrogen-bond acceptors (Lipinski definition) is 4. The van der Waals surface area contributed by atoms with Gasteiger partial charge in [0.2, 0.25) is 5.91 Å². The molecule has 0 aliphatic carbocycles. The Morgan fingerprint density at radius 2 is 1.48 bits per heavy atom. The zero-order valence-electron chi connectivity index (χ0n) is 15.9. The smallest absolute Gasteiger partial charge is 0.422 e. The van der Waals surface area contributed by atoms with E-state index in [4.69, 9.17) is 4.74 Å². The molecule has 2 rings (SSSR count). The van der Waals surface area contributed by atoms with Gasteiger partial charge in [0.15, 0.2) is 12.4 Å². The molecule has 0 saturated heterocycles. The maximum absolute atomic E-state index is 12.1. The maximum Gasteiger partial charge on any atom is 0.422 e. The van der Waals surface area contributed by atoms with Gasteiger partial charge in [-0.05, 0) is 48.9 Å². The average Bonchev–Trinajstić information content (AvgIpc) is 2.70. The van der Waals surface area contributed by atoms with Gasteiger partial charge in [0.1, 0.15) is 11.5 Å². The van der Waals surface area contributed by atoms with Crippen LogP contribution in [0.15, 0.2) is 48.5 Å². The summed E-state index contributed by atoms with van der Waals surface area (Å²) in [6, 6.07) is 12.7. The monoisotopic (exact) mass is 409 g/mol. The molecule has 0 aliphatic rings. The highest BCUT2D eigenvalue weighted by molar-refractivity contribution is 5.98. The Morgan fingerprint density at radius 3 is 2.07 bits per heavy atom. The molecule has 1 N–H and O–H groups in total. The van der Waals surface area contributed by atoms with Crippen molar-refractivity contribution in [1.82, 2.24) is 5.32 Å². The van der Waals surface area contributed by atoms with E-state index >= 15 is 0 Å². The lowest BCUT2D eigenvalue weighted by Gasteiger charge is -2.10. The number of alkyl halides is 3. The Balaban J connectivity index is 1.73. The Hall–Kier alpha value is -3.03. The molecule has 0 saturated carbocycles. The largest absolute Gasteiger partial charge is 0.494 e. The zero-order chi connectivity index (χ0) is 21.3. The van der Waals surface area contributed by atoms with E-state index in [0.29, 0.717) is 23.5 Å². The molecule has 5 nitrogen and oxygen atoms in total. The highest BCUT2D eigenvalue weighted by Gasteiger charge is 2.28. The zero-order valence-corrected chi connectivity index (χ0v) is 15.9. The molecule has 0 radical (unpaired) electrons. The second-order valence-corrected chi connectivity index (χ2v) is 6.21. The van der Waals surface area contributed by atoms with E-state index in [1.807, 2.05) is 6.92 Å². The van der Waals surface area contributed by atoms with Crippen LogP contribution in [0.5, 0.6) is 11.5 Å². The summed E-state index contributed by atoms with van der Waals surface area (Å²) in [7, 11) is 0. The highest BCUT2D eigenvalue weighted by atomic mass is 19.4. The van der Waals surface area contributed by atoms with Crippen molar-refractivity contribution in [1.29, 1.82) is 0 Å². The number of carbonyl (C=O) groups excluding carboxylic acids is 2. The molecule has 8 heteroatoms. The van der Waals surface area contributed by atoms with Crippen LogP contribution in [0.2, 0.25) is 0 Å². The second-order valence-electron chi connectivity index (χ2n) is 6.21. The third-order valence-corrected chi connectivity index (χ3v) is 3.88. The minimum atomic E-state index is -4.39. The fourth-order valence-corrected chi connectivity index (χ4v) is 2.43. The fourth-order valence-electron chi connectivity index (χ4n) is 2.43. The van der Waals surface area contributed by atoms with Gasteiger partial charge >= 0.3 is 6.18 Å². The van der Waals surface area contributed by atoms with Crippen LogP contribution in [-0.2, 0) is 11.3 Å². The first-order valence-corrected chi connectivity index (χ1v) is 9.08. The fraction of sp³-hybridized carbons (Fsp3) is 0.333. The van der Waals surface area contributed by atoms with Crippen LogP contribution in [-0.4, -0.2) is 31.1 Å². The maximum atomic E-state index is 12.1. The molecule has 2 aromatic carbocycles. The van der Waals surface area contributed by atoms with Crippen LogP contribution in [0.3, 0.4) is 0 Å². The lowest BCUT2D eigenvalue weighted by Crippen LogP contribution is -2.23. The van der Waals surface area contributed by atoms with Gasteiger partial charge in [0.25, 0.3) is 0 Å². The average molecular weight is 409 g/mol. The Bertz CT molecular complexity index is 802. The molecule has 156 valence electrons. The van der Waals surface area contributed by atoms with Crippen molar-refractivity contribution in [3.05, 3.63) is 59.7 Å². The summed E-state index contributed by atoms with van der Waals surface area (Å²) >= 11 is 0. The van der Waals surface area contributed by atoms with Crippen LogP contribution in [0.25, 0.3) is 0 Å². The van der Waals surface area contributed by atoms with Gasteiger partial charge in [-0.2, -0.15) is 13.2 Å². The normalized spacial score (nSPS) is 11.0. The third kappa shape index (κ3) is 8.25. The number of nitrogens with one attached hydrogen (secondary N) is 1. The van der Waals surface area contributed by atoms with E-state index < -0.39 is 12.8 Å². The molecular weight excluding hydrogens is 387 g/mol. The van der Waals surface area contributed by atoms with Crippen LogP contribution in [0.1, 0.15) is 35.7 Å². The second kappa shape index (κ2) is 10.5. The molecule has 1 amide bonds. The molecule has 0 unspecified atom stereocenters. The van der Waals surface area contributed by atoms with E-state index in [2.05, 4.69) is 10.1 Å². The first kappa shape index (κ1) is 22.3. The quantitative estimate of drug-likeness (QED) is 0.594. The molecule has 0 aromatic heterocycles. The van der Waals surface area contributed by atoms with Crippen molar-refractivity contribution >= 4 is 11.7 Å². The molecule has 0 atom stereocenters. The lowest BCUT2D eigenvalue weighted by atomic mass is 10.1. The van der Waals surface area contributed by atoms with E-state index in [-0.39, 0.29) is 36.8 Å². The number of ketones is 1. The number of benzene rings is 2. The number of rotatable bonds is 10. The van der Waals surface area contributed by atoms with Gasteiger partial charge in [-0.3, -0.25) is 9.59 Å². The van der Waals surface area contributed by atoms with Crippen molar-refractivity contribution in [3.8, 4) is 11.5 Å². The molecule has 0 heterocycles. The summed E-state index contributed by atoms with van der Waals surface area (Å²) in [5.41, 5.74) is 1.21. The number of carbonyl (C=O) groups is 2. The minimum absolute atomic E-state index is 0.0405. The molecule has 29 heavy (non-hydrogen) atoms. The standard InChI is InChI=1S/C21H22F3NO4/c1-2-28-17-9-5-16(6-10-17)19(26)11-12-20(27)25-13-15-3-7-18(8-4-15)29-14-21(22,23)24/h3-10H,2,11-14H2,1H3,(H,25,27). The van der Waals surface area contributed by atoms with Gasteiger partial charge in [0.05, 0.1) is 6.61 Å². The van der Waals surface area contributed by atoms with Crippen LogP contribution in [0.4, 0.5) is 13.2 Å². The van der Waals surface area contributed by atoms with Crippen molar-refractivity contribution < 1.29 is 32.2 Å². The van der Waals surface area contributed by atoms with E-state index in [1.165, 1.54) is 12.1 Å². The van der Waals surface area contributed by atoms with Crippen LogP contribution < -0.4 is 14.8 Å². The predicted molar refractivity (Wildman–Crippen MR) is 101 cm³/mol. The van der Waals surface area contributed by atoms with E-state index in [9.17, 15) is 22.8 Å². The van der Waals surface area contributed by atoms with Crippen LogP contribution >= 0.6 is 0 Å². The lowest BCUT2D eigenvalue weighted by molar-refractivity contribution is -0.153. The third-order valence-electron chi connectivity index (χ3n) is 3.88. The molecular formula is C21H22F3NO4. The summed E-state index contributed by atoms with van der Waals surface area (Å²) in [4.78, 5) is 24.1. The molecule has 0 spiro atoms. The topological polar surface area (TPSA) is 64.6 Å². The molecule has 2 aromatic rings. The summed E-state index contributed by atoms with van der Waals surface area (Å²) in [6.45, 7) is 1.26. The van der Waals surface area contributed by atoms with Crippen molar-refractivity contribution in [2.75, 3.05) is 13.2 Å². The number of ether oxygens (including phenoxy) is 2. The van der Waals surface area contributed by atoms with E-state index in [0.717, 1.165) is 0 Å². The number of halogens is 3. The van der Waals surface area contributed by atoms with Crippen LogP contribution in [0, 0.1) is 0 Å². The minimum Gasteiger partial charge on any atom is -0.494 e. The number of amides is 1. The summed E-state index contributed by atoms with van der Waals surface area (Å²) in [6.07, 6.45) is -4.28. The molecule has 0 fully saturated rings. The number of hydrogen-bond donors (Lipinski definition) is 1. The Labute approximate surface area is 166 Å². The van der Waals surface area contributed by atoms with Gasteiger partial charge < -0.3 is 14.8 Å². The van der Waals surface area contributed by atoms with Gasteiger partial charge in [-0.15, -0.1) is 0 Å². The van der Waals surface area contributed by atoms with E-state index in [1.54, 1.807) is 36.4 Å². The summed E-state index contributed by atoms with van der Waals surface area (Å²) < 4.78 is 46.3. The van der Waals surface area contributed by atoms with Crippen molar-refractivity contribution in [2.24, 2.45) is 0 Å². The van der Waals surface area contributed by atoms with Gasteiger partial charge in [-0.25, -0.2) is 0 Å². The molecule has 0 bridgehead atoms. The summed E-state index contributed by atoms with van der Waals surface area (Å²) in [5.74, 6) is 0.339. The SMILES string of the molecule is CCOc1ccc(C(=O)CCC(=O)NCc2ccc(OCC(F)(F)F)cc2)cc1. The number of Topliss-reactive ketones (excluding diaryl/α,β-unsaturated/α-hetero) is 1. The highest BCUT2D eigenvalue weighted by Crippen LogP contribution is 2.19. The first-order valence-electron chi connectivity index (χ1n) is 9.08. The summed E-state index contributed by atoms with van der Waals surface area (Å²) in [5, 5.41) is 2.68.